The Kier molecular flexibility index (Phi) is 6.22. The molecule has 0 unspecified atom stereocenters. The number of hydrogen-bond donors (Lipinski definition) is 2. The summed E-state index contributed by atoms with van der Waals surface area (Å²) in [6.45, 7) is 0.627. The normalized spacial score (nSPS) is 29.9. The third-order valence-electron chi connectivity index (χ3n) is 6.92. The third-order valence-corrected chi connectivity index (χ3v) is 8.20. The van der Waals surface area contributed by atoms with E-state index >= 15 is 0 Å². The van der Waals surface area contributed by atoms with Crippen LogP contribution in [-0.4, -0.2) is 59.9 Å². The molecule has 1 saturated carbocycles. The molecule has 2 aromatic rings. The molecule has 3 heterocycles. The van der Waals surface area contributed by atoms with E-state index in [-0.39, 0.29) is 4.90 Å². The summed E-state index contributed by atoms with van der Waals surface area (Å²) < 4.78 is 51.0. The van der Waals surface area contributed by atoms with Crippen LogP contribution in [0.5, 0.6) is 0 Å². The van der Waals surface area contributed by atoms with Crippen molar-refractivity contribution in [2.24, 2.45) is 0 Å². The van der Waals surface area contributed by atoms with Crippen LogP contribution in [-0.2, 0) is 28.5 Å². The van der Waals surface area contributed by atoms with Crippen LogP contribution >= 0.6 is 0 Å². The van der Waals surface area contributed by atoms with Crippen LogP contribution in [0.2, 0.25) is 0 Å². The first-order valence-corrected chi connectivity index (χ1v) is 13.0. The van der Waals surface area contributed by atoms with E-state index in [0.717, 1.165) is 29.4 Å². The summed E-state index contributed by atoms with van der Waals surface area (Å²) >= 11 is 0. The fourth-order valence-corrected chi connectivity index (χ4v) is 5.99. The quantitative estimate of drug-likeness (QED) is 0.545. The largest absolute Gasteiger partial charge is 0.393 e. The molecule has 1 aliphatic carbocycles. The van der Waals surface area contributed by atoms with Crippen LogP contribution in [0.1, 0.15) is 43.9 Å². The lowest BCUT2D eigenvalue weighted by atomic mass is 9.94. The number of aryl methyl sites for hydroxylation is 1. The Hall–Kier alpha value is -2.35. The van der Waals surface area contributed by atoms with Gasteiger partial charge in [-0.1, -0.05) is 24.1 Å². The van der Waals surface area contributed by atoms with E-state index in [1.807, 2.05) is 6.92 Å². The highest BCUT2D eigenvalue weighted by Crippen LogP contribution is 2.51. The Morgan fingerprint density at radius 1 is 1.09 bits per heavy atom. The number of aliphatic hydroxyl groups excluding tert-OH is 1. The zero-order valence-corrected chi connectivity index (χ0v) is 20.0. The van der Waals surface area contributed by atoms with Gasteiger partial charge in [0.2, 0.25) is 0 Å². The average molecular weight is 509 g/mol. The molecule has 190 valence electrons. The fourth-order valence-electron chi connectivity index (χ4n) is 5.03. The molecule has 5 rings (SSSR count). The number of aromatic nitrogens is 2. The molecule has 12 heteroatoms. The van der Waals surface area contributed by atoms with Crippen molar-refractivity contribution in [1.29, 1.82) is 0 Å². The molecule has 1 aromatic heterocycles. The van der Waals surface area contributed by atoms with Gasteiger partial charge in [0.15, 0.2) is 12.0 Å². The van der Waals surface area contributed by atoms with Crippen molar-refractivity contribution in [3.8, 4) is 0 Å². The van der Waals surface area contributed by atoms with Crippen LogP contribution in [0.3, 0.4) is 0 Å². The second kappa shape index (κ2) is 8.95. The highest BCUT2D eigenvalue weighted by molar-refractivity contribution is 7.86. The summed E-state index contributed by atoms with van der Waals surface area (Å²) in [6, 6.07) is 7.34. The molecule has 2 N–H and O–H groups in total. The molecule has 2 saturated heterocycles. The number of nitrogens with one attached hydrogen (secondary N) is 1. The van der Waals surface area contributed by atoms with Crippen molar-refractivity contribution in [3.63, 3.8) is 0 Å². The first-order valence-electron chi connectivity index (χ1n) is 11.6. The maximum atomic E-state index is 12.9. The molecular weight excluding hydrogens is 480 g/mol. The lowest BCUT2D eigenvalue weighted by Crippen LogP contribution is -2.51. The maximum Gasteiger partial charge on any atom is 0.330 e. The fraction of sp³-hybridized carbons (Fsp3) is 0.565. The number of nitrogens with zero attached hydrogens (tertiary/aromatic N) is 1. The average Bonchev–Trinajstić information content (AvgIpc) is 3.33. The van der Waals surface area contributed by atoms with Crippen molar-refractivity contribution >= 4 is 10.1 Å². The number of rotatable bonds is 6. The summed E-state index contributed by atoms with van der Waals surface area (Å²) in [6.07, 6.45) is 2.48. The van der Waals surface area contributed by atoms with Crippen LogP contribution in [0.15, 0.2) is 51.0 Å². The Morgan fingerprint density at radius 2 is 1.80 bits per heavy atom. The van der Waals surface area contributed by atoms with Crippen LogP contribution in [0, 0.1) is 6.92 Å². The zero-order chi connectivity index (χ0) is 24.8. The molecule has 1 spiro atoms. The first-order chi connectivity index (χ1) is 16.7. The minimum atomic E-state index is -4.17. The van der Waals surface area contributed by atoms with Crippen molar-refractivity contribution in [1.82, 2.24) is 9.55 Å². The minimum Gasteiger partial charge on any atom is -0.393 e. The van der Waals surface area contributed by atoms with Crippen molar-refractivity contribution in [2.75, 3.05) is 13.2 Å². The molecule has 35 heavy (non-hydrogen) atoms. The van der Waals surface area contributed by atoms with Gasteiger partial charge in [-0.3, -0.25) is 18.5 Å². The highest BCUT2D eigenvalue weighted by Gasteiger charge is 2.65. The number of ether oxygens (including phenoxy) is 3. The van der Waals surface area contributed by atoms with Gasteiger partial charge in [0.1, 0.15) is 24.4 Å². The number of aliphatic hydroxyl groups is 1. The van der Waals surface area contributed by atoms with E-state index in [1.54, 1.807) is 12.1 Å². The molecule has 11 nitrogen and oxygen atoms in total. The van der Waals surface area contributed by atoms with Gasteiger partial charge in [0.25, 0.3) is 15.7 Å². The molecule has 0 amide bonds. The van der Waals surface area contributed by atoms with Crippen molar-refractivity contribution < 1.29 is 31.9 Å². The standard InChI is InChI=1S/C23H28N2O9S/c1-15-5-7-16(8-6-15)35(29,30)31-14-22(13-26)19-18(32-23(33-19)10-3-2-4-11-23)20(34-22)25-12-9-17(27)24-21(25)28/h5-9,12,18-20,26H,2-4,10-11,13-14H2,1H3,(H,24,27,28)/t18-,19+,20-,22+/m1/s1. The predicted molar refractivity (Wildman–Crippen MR) is 121 cm³/mol. The third kappa shape index (κ3) is 4.39. The van der Waals surface area contributed by atoms with Crippen LogP contribution in [0.4, 0.5) is 0 Å². The van der Waals surface area contributed by atoms with Gasteiger partial charge in [-0.05, 0) is 31.9 Å². The summed E-state index contributed by atoms with van der Waals surface area (Å²) in [4.78, 5) is 26.3. The van der Waals surface area contributed by atoms with Crippen molar-refractivity contribution in [3.05, 3.63) is 62.9 Å². The second-order valence-corrected chi connectivity index (χ2v) is 11.0. The highest BCUT2D eigenvalue weighted by atomic mass is 32.2. The molecule has 3 aliphatic rings. The van der Waals surface area contributed by atoms with E-state index in [9.17, 15) is 23.1 Å². The van der Waals surface area contributed by atoms with Gasteiger partial charge >= 0.3 is 5.69 Å². The maximum absolute atomic E-state index is 12.9. The topological polar surface area (TPSA) is 146 Å². The Labute approximate surface area is 201 Å². The summed E-state index contributed by atoms with van der Waals surface area (Å²) in [5.41, 5.74) is -2.05. The van der Waals surface area contributed by atoms with Gasteiger partial charge in [-0.15, -0.1) is 0 Å². The second-order valence-electron chi connectivity index (χ2n) is 9.37. The van der Waals surface area contributed by atoms with E-state index in [1.165, 1.54) is 24.4 Å². The molecule has 0 radical (unpaired) electrons. The van der Waals surface area contributed by atoms with E-state index in [0.29, 0.717) is 12.8 Å². The summed E-state index contributed by atoms with van der Waals surface area (Å²) in [7, 11) is -4.17. The molecule has 1 aromatic carbocycles. The van der Waals surface area contributed by atoms with Gasteiger partial charge in [0.05, 0.1) is 11.5 Å². The van der Waals surface area contributed by atoms with Gasteiger partial charge in [0, 0.05) is 25.1 Å². The molecule has 4 atom stereocenters. The smallest absolute Gasteiger partial charge is 0.330 e. The molecular formula is C23H28N2O9S. The first kappa shape index (κ1) is 24.3. The Balaban J connectivity index is 1.48. The Morgan fingerprint density at radius 3 is 2.46 bits per heavy atom. The van der Waals surface area contributed by atoms with Gasteiger partial charge in [-0.2, -0.15) is 8.42 Å². The summed E-state index contributed by atoms with van der Waals surface area (Å²) in [5.74, 6) is -0.919. The molecule has 3 fully saturated rings. The van der Waals surface area contributed by atoms with Crippen molar-refractivity contribution in [2.45, 2.75) is 73.7 Å². The van der Waals surface area contributed by atoms with Gasteiger partial charge < -0.3 is 19.3 Å². The zero-order valence-electron chi connectivity index (χ0n) is 19.2. The number of fused-ring (bicyclic) bond motifs is 1. The number of H-pyrrole nitrogens is 1. The van der Waals surface area contributed by atoms with E-state index in [2.05, 4.69) is 4.98 Å². The lowest BCUT2D eigenvalue weighted by Gasteiger charge is -2.37. The monoisotopic (exact) mass is 508 g/mol. The molecule has 2 aliphatic heterocycles. The number of benzene rings is 1. The van der Waals surface area contributed by atoms with E-state index in [4.69, 9.17) is 18.4 Å². The lowest BCUT2D eigenvalue weighted by molar-refractivity contribution is -0.256. The Bertz CT molecular complexity index is 1300. The number of aromatic amines is 1. The SMILES string of the molecule is Cc1ccc(S(=O)(=O)OC[C@]2(CO)O[C@@H](n3ccc(=O)[nH]c3=O)[C@@H]3OC4(CCCCC4)O[C@@H]32)cc1. The van der Waals surface area contributed by atoms with Crippen LogP contribution < -0.4 is 11.2 Å². The molecule has 0 bridgehead atoms. The minimum absolute atomic E-state index is 0.0357. The number of hydrogen-bond acceptors (Lipinski definition) is 9. The summed E-state index contributed by atoms with van der Waals surface area (Å²) in [5, 5.41) is 10.5. The van der Waals surface area contributed by atoms with Crippen LogP contribution in [0.25, 0.3) is 0 Å². The van der Waals surface area contributed by atoms with E-state index < -0.39 is 64.4 Å². The predicted octanol–water partition coefficient (Wildman–Crippen LogP) is 0.955. The van der Waals surface area contributed by atoms with Gasteiger partial charge in [-0.25, -0.2) is 4.79 Å².